The summed E-state index contributed by atoms with van der Waals surface area (Å²) < 4.78 is 5.43. The van der Waals surface area contributed by atoms with Gasteiger partial charge >= 0.3 is 0 Å². The Bertz CT molecular complexity index is 431. The van der Waals surface area contributed by atoms with Crippen molar-refractivity contribution >= 4 is 11.9 Å². The molecule has 1 aliphatic rings. The van der Waals surface area contributed by atoms with Crippen molar-refractivity contribution in [3.63, 3.8) is 0 Å². The number of rotatable bonds is 5. The van der Waals surface area contributed by atoms with Gasteiger partial charge in [0.05, 0.1) is 0 Å². The number of nitrogens with one attached hydrogen (secondary N) is 1. The number of nitrogens with zero attached hydrogens (tertiary/aromatic N) is 4. The Hall–Kier alpha value is -1.43. The molecule has 1 aromatic heterocycles. The summed E-state index contributed by atoms with van der Waals surface area (Å²) in [7, 11) is 3.90. The van der Waals surface area contributed by atoms with Gasteiger partial charge in [-0.2, -0.15) is 15.0 Å². The second-order valence-corrected chi connectivity index (χ2v) is 6.25. The van der Waals surface area contributed by atoms with Crippen molar-refractivity contribution in [1.82, 2.24) is 15.0 Å². The molecule has 0 aliphatic carbocycles. The van der Waals surface area contributed by atoms with Crippen molar-refractivity contribution in [2.24, 2.45) is 5.92 Å². The van der Waals surface area contributed by atoms with Gasteiger partial charge in [-0.25, -0.2) is 0 Å². The Balaban J connectivity index is 2.14. The van der Waals surface area contributed by atoms with Crippen LogP contribution in [-0.4, -0.2) is 48.3 Å². The van der Waals surface area contributed by atoms with Gasteiger partial charge in [0.2, 0.25) is 11.9 Å². The fourth-order valence-electron chi connectivity index (χ4n) is 2.44. The third-order valence-electron chi connectivity index (χ3n) is 3.89. The standard InChI is InChI=1S/C15H27N5O/c1-10(2)13-17-14(19-15(18-13)20(4)5)16-11(3)12-6-8-21-9-7-12/h10-12H,6-9H2,1-5H3,(H,16,17,18,19). The van der Waals surface area contributed by atoms with E-state index in [0.717, 1.165) is 31.9 Å². The van der Waals surface area contributed by atoms with Gasteiger partial charge in [-0.15, -0.1) is 0 Å². The minimum absolute atomic E-state index is 0.283. The lowest BCUT2D eigenvalue weighted by atomic mass is 9.93. The number of ether oxygens (including phenoxy) is 1. The Kier molecular flexibility index (Phi) is 5.33. The second kappa shape index (κ2) is 7.02. The van der Waals surface area contributed by atoms with E-state index >= 15 is 0 Å². The molecule has 1 atom stereocenters. The summed E-state index contributed by atoms with van der Waals surface area (Å²) in [6.45, 7) is 8.10. The van der Waals surface area contributed by atoms with Gasteiger partial charge in [-0.05, 0) is 25.7 Å². The summed E-state index contributed by atoms with van der Waals surface area (Å²) in [5.41, 5.74) is 0. The Labute approximate surface area is 127 Å². The monoisotopic (exact) mass is 293 g/mol. The molecule has 0 bridgehead atoms. The molecule has 1 unspecified atom stereocenters. The van der Waals surface area contributed by atoms with Gasteiger partial charge < -0.3 is 15.0 Å². The lowest BCUT2D eigenvalue weighted by Gasteiger charge is -2.28. The van der Waals surface area contributed by atoms with Crippen molar-refractivity contribution in [3.8, 4) is 0 Å². The molecule has 21 heavy (non-hydrogen) atoms. The summed E-state index contributed by atoms with van der Waals surface area (Å²) in [5, 5.41) is 3.46. The molecule has 0 saturated carbocycles. The zero-order valence-corrected chi connectivity index (χ0v) is 13.8. The fourth-order valence-corrected chi connectivity index (χ4v) is 2.44. The normalized spacial score (nSPS) is 17.8. The highest BCUT2D eigenvalue weighted by atomic mass is 16.5. The summed E-state index contributed by atoms with van der Waals surface area (Å²) in [4.78, 5) is 15.5. The van der Waals surface area contributed by atoms with Crippen LogP contribution in [-0.2, 0) is 4.74 Å². The highest BCUT2D eigenvalue weighted by Crippen LogP contribution is 2.22. The molecule has 2 heterocycles. The molecule has 1 aromatic rings. The molecule has 6 heteroatoms. The highest BCUT2D eigenvalue weighted by molar-refractivity contribution is 5.36. The van der Waals surface area contributed by atoms with Gasteiger partial charge in [-0.1, -0.05) is 13.8 Å². The van der Waals surface area contributed by atoms with Crippen molar-refractivity contribution in [3.05, 3.63) is 5.82 Å². The number of hydrogen-bond donors (Lipinski definition) is 1. The molecule has 0 aromatic carbocycles. The van der Waals surface area contributed by atoms with Crippen LogP contribution in [0.4, 0.5) is 11.9 Å². The fraction of sp³-hybridized carbons (Fsp3) is 0.800. The van der Waals surface area contributed by atoms with Gasteiger partial charge in [-0.3, -0.25) is 0 Å². The molecule has 1 saturated heterocycles. The number of hydrogen-bond acceptors (Lipinski definition) is 6. The van der Waals surface area contributed by atoms with E-state index in [1.54, 1.807) is 0 Å². The molecule has 6 nitrogen and oxygen atoms in total. The summed E-state index contributed by atoms with van der Waals surface area (Å²) in [6, 6.07) is 0.339. The van der Waals surface area contributed by atoms with Gasteiger partial charge in [0.15, 0.2) is 0 Å². The average molecular weight is 293 g/mol. The van der Waals surface area contributed by atoms with Crippen LogP contribution in [0.2, 0.25) is 0 Å². The highest BCUT2D eigenvalue weighted by Gasteiger charge is 2.21. The number of anilines is 2. The minimum atomic E-state index is 0.283. The van der Waals surface area contributed by atoms with Crippen molar-refractivity contribution in [1.29, 1.82) is 0 Å². The third-order valence-corrected chi connectivity index (χ3v) is 3.89. The summed E-state index contributed by atoms with van der Waals surface area (Å²) in [5.74, 6) is 3.11. The van der Waals surface area contributed by atoms with Crippen LogP contribution in [0.1, 0.15) is 45.4 Å². The second-order valence-electron chi connectivity index (χ2n) is 6.25. The average Bonchev–Trinajstić information content (AvgIpc) is 2.47. The zero-order valence-electron chi connectivity index (χ0n) is 13.8. The molecular formula is C15H27N5O. The van der Waals surface area contributed by atoms with Gasteiger partial charge in [0.25, 0.3) is 0 Å². The van der Waals surface area contributed by atoms with Crippen LogP contribution in [0, 0.1) is 5.92 Å². The molecule has 0 spiro atoms. The Morgan fingerprint density at radius 3 is 2.33 bits per heavy atom. The molecule has 118 valence electrons. The summed E-state index contributed by atoms with van der Waals surface area (Å²) in [6.07, 6.45) is 2.19. The number of aromatic nitrogens is 3. The molecule has 0 amide bonds. The first kappa shape index (κ1) is 15.9. The molecule has 1 aliphatic heterocycles. The van der Waals surface area contributed by atoms with E-state index in [0.29, 0.717) is 23.9 Å². The van der Waals surface area contributed by atoms with Crippen LogP contribution < -0.4 is 10.2 Å². The smallest absolute Gasteiger partial charge is 0.229 e. The van der Waals surface area contributed by atoms with Crippen molar-refractivity contribution < 1.29 is 4.74 Å². The maximum absolute atomic E-state index is 5.43. The van der Waals surface area contributed by atoms with E-state index < -0.39 is 0 Å². The molecular weight excluding hydrogens is 266 g/mol. The van der Waals surface area contributed by atoms with E-state index in [9.17, 15) is 0 Å². The van der Waals surface area contributed by atoms with E-state index in [1.165, 1.54) is 0 Å². The first-order valence-corrected chi connectivity index (χ1v) is 7.75. The van der Waals surface area contributed by atoms with Crippen LogP contribution in [0.15, 0.2) is 0 Å². The zero-order chi connectivity index (χ0) is 15.4. The molecule has 0 radical (unpaired) electrons. The van der Waals surface area contributed by atoms with E-state index in [1.807, 2.05) is 19.0 Å². The van der Waals surface area contributed by atoms with Crippen LogP contribution in [0.25, 0.3) is 0 Å². The third kappa shape index (κ3) is 4.27. The summed E-state index contributed by atoms with van der Waals surface area (Å²) >= 11 is 0. The Morgan fingerprint density at radius 2 is 1.76 bits per heavy atom. The van der Waals surface area contributed by atoms with Crippen LogP contribution in [0.5, 0.6) is 0 Å². The lowest BCUT2D eigenvalue weighted by molar-refractivity contribution is 0.0621. The van der Waals surface area contributed by atoms with Crippen molar-refractivity contribution in [2.45, 2.75) is 45.6 Å². The quantitative estimate of drug-likeness (QED) is 0.898. The minimum Gasteiger partial charge on any atom is -0.381 e. The molecule has 2 rings (SSSR count). The van der Waals surface area contributed by atoms with Gasteiger partial charge in [0.1, 0.15) is 5.82 Å². The maximum Gasteiger partial charge on any atom is 0.229 e. The van der Waals surface area contributed by atoms with E-state index in [-0.39, 0.29) is 5.92 Å². The largest absolute Gasteiger partial charge is 0.381 e. The Morgan fingerprint density at radius 1 is 1.10 bits per heavy atom. The van der Waals surface area contributed by atoms with Crippen molar-refractivity contribution in [2.75, 3.05) is 37.5 Å². The topological polar surface area (TPSA) is 63.2 Å². The predicted molar refractivity (Wildman–Crippen MR) is 84.9 cm³/mol. The molecule has 1 fully saturated rings. The maximum atomic E-state index is 5.43. The van der Waals surface area contributed by atoms with Crippen LogP contribution in [0.3, 0.4) is 0 Å². The van der Waals surface area contributed by atoms with E-state index in [2.05, 4.69) is 41.0 Å². The predicted octanol–water partition coefficient (Wildman–Crippen LogP) is 2.29. The first-order valence-electron chi connectivity index (χ1n) is 7.75. The van der Waals surface area contributed by atoms with Gasteiger partial charge in [0, 0.05) is 39.3 Å². The van der Waals surface area contributed by atoms with Crippen LogP contribution >= 0.6 is 0 Å². The SMILES string of the molecule is CC(C)c1nc(NC(C)C2CCOCC2)nc(N(C)C)n1. The molecule has 1 N–H and O–H groups in total. The van der Waals surface area contributed by atoms with E-state index in [4.69, 9.17) is 4.74 Å². The first-order chi connectivity index (χ1) is 9.97. The lowest BCUT2D eigenvalue weighted by Crippen LogP contribution is -2.32.